The van der Waals surface area contributed by atoms with E-state index in [-0.39, 0.29) is 17.6 Å². The number of carbonyl (C=O) groups excluding carboxylic acids is 1. The molecule has 0 aliphatic carbocycles. The van der Waals surface area contributed by atoms with Crippen LogP contribution < -0.4 is 5.73 Å². The normalized spacial score (nSPS) is 19.2. The molecule has 0 bridgehead atoms. The fourth-order valence-electron chi connectivity index (χ4n) is 2.42. The number of aromatic hydroxyl groups is 1. The van der Waals surface area contributed by atoms with Crippen LogP contribution in [0.5, 0.6) is 5.75 Å². The van der Waals surface area contributed by atoms with Gasteiger partial charge in [0.25, 0.3) is 5.91 Å². The summed E-state index contributed by atoms with van der Waals surface area (Å²) < 4.78 is 0. The lowest BCUT2D eigenvalue weighted by molar-refractivity contribution is 0.0702. The number of phenols is 1. The molecule has 2 rings (SSSR count). The molecule has 1 saturated heterocycles. The summed E-state index contributed by atoms with van der Waals surface area (Å²) in [6, 6.07) is 5.01. The topological polar surface area (TPSA) is 66.6 Å². The highest BCUT2D eigenvalue weighted by atomic mass is 32.1. The van der Waals surface area contributed by atoms with E-state index in [4.69, 9.17) is 18.0 Å². The number of rotatable bonds is 2. The summed E-state index contributed by atoms with van der Waals surface area (Å²) in [5.74, 6) is 0.188. The van der Waals surface area contributed by atoms with E-state index in [0.29, 0.717) is 29.2 Å². The van der Waals surface area contributed by atoms with E-state index in [1.54, 1.807) is 30.0 Å². The minimum Gasteiger partial charge on any atom is -0.508 e. The number of nitrogens with two attached hydrogens (primary N) is 1. The van der Waals surface area contributed by atoms with Crippen LogP contribution in [0.2, 0.25) is 0 Å². The molecule has 4 nitrogen and oxygen atoms in total. The van der Waals surface area contributed by atoms with E-state index in [0.717, 1.165) is 12.8 Å². The number of phenolic OH excluding ortho intramolecular Hbond substituents is 1. The molecule has 0 spiro atoms. The van der Waals surface area contributed by atoms with Crippen LogP contribution in [-0.4, -0.2) is 34.0 Å². The van der Waals surface area contributed by atoms with Crippen molar-refractivity contribution in [3.05, 3.63) is 29.3 Å². The first kappa shape index (κ1) is 13.8. The van der Waals surface area contributed by atoms with Gasteiger partial charge in [0.15, 0.2) is 0 Å². The number of piperidine rings is 1. The first-order chi connectivity index (χ1) is 9.00. The summed E-state index contributed by atoms with van der Waals surface area (Å²) in [4.78, 5) is 14.7. The molecular formula is C14H18N2O2S. The molecule has 0 radical (unpaired) electrons. The minimum atomic E-state index is -0.0608. The van der Waals surface area contributed by atoms with Gasteiger partial charge in [-0.05, 0) is 31.9 Å². The van der Waals surface area contributed by atoms with Crippen molar-refractivity contribution in [3.63, 3.8) is 0 Å². The number of amides is 1. The van der Waals surface area contributed by atoms with Crippen LogP contribution in [0.4, 0.5) is 0 Å². The lowest BCUT2D eigenvalue weighted by Crippen LogP contribution is -2.43. The maximum atomic E-state index is 12.5. The number of carbonyl (C=O) groups is 1. The molecule has 1 aliphatic heterocycles. The highest BCUT2D eigenvalue weighted by Crippen LogP contribution is 2.24. The second-order valence-corrected chi connectivity index (χ2v) is 5.41. The molecule has 102 valence electrons. The fraction of sp³-hybridized carbons (Fsp3) is 0.429. The number of hydrogen-bond donors (Lipinski definition) is 2. The number of nitrogens with zero attached hydrogens (tertiary/aromatic N) is 1. The van der Waals surface area contributed by atoms with Gasteiger partial charge in [-0.15, -0.1) is 0 Å². The molecule has 1 fully saturated rings. The molecule has 0 aromatic heterocycles. The zero-order chi connectivity index (χ0) is 14.0. The van der Waals surface area contributed by atoms with Crippen LogP contribution in [0, 0.1) is 12.8 Å². The lowest BCUT2D eigenvalue weighted by atomic mass is 9.97. The van der Waals surface area contributed by atoms with E-state index < -0.39 is 0 Å². The fourth-order valence-corrected chi connectivity index (χ4v) is 2.61. The molecule has 5 heteroatoms. The third-order valence-electron chi connectivity index (χ3n) is 3.65. The van der Waals surface area contributed by atoms with Gasteiger partial charge in [0.1, 0.15) is 5.75 Å². The van der Waals surface area contributed by atoms with Crippen molar-refractivity contribution in [2.24, 2.45) is 11.7 Å². The van der Waals surface area contributed by atoms with E-state index in [1.807, 2.05) is 0 Å². The second kappa shape index (κ2) is 5.57. The van der Waals surface area contributed by atoms with Crippen molar-refractivity contribution < 1.29 is 9.90 Å². The largest absolute Gasteiger partial charge is 0.508 e. The summed E-state index contributed by atoms with van der Waals surface area (Å²) in [5.41, 5.74) is 6.84. The van der Waals surface area contributed by atoms with Crippen LogP contribution in [0.3, 0.4) is 0 Å². The average molecular weight is 278 g/mol. The van der Waals surface area contributed by atoms with Crippen molar-refractivity contribution >= 4 is 23.1 Å². The molecule has 1 aromatic carbocycles. The van der Waals surface area contributed by atoms with Crippen LogP contribution >= 0.6 is 12.2 Å². The molecule has 1 amide bonds. The number of likely N-dealkylation sites (tertiary alicyclic amines) is 1. The Kier molecular flexibility index (Phi) is 4.04. The van der Waals surface area contributed by atoms with Gasteiger partial charge in [0.2, 0.25) is 0 Å². The third-order valence-corrected chi connectivity index (χ3v) is 3.98. The van der Waals surface area contributed by atoms with Crippen molar-refractivity contribution in [2.45, 2.75) is 19.8 Å². The van der Waals surface area contributed by atoms with Crippen molar-refractivity contribution in [1.29, 1.82) is 0 Å². The zero-order valence-electron chi connectivity index (χ0n) is 10.9. The van der Waals surface area contributed by atoms with E-state index in [2.05, 4.69) is 0 Å². The predicted molar refractivity (Wildman–Crippen MR) is 78.3 cm³/mol. The van der Waals surface area contributed by atoms with Gasteiger partial charge in [0, 0.05) is 30.1 Å². The summed E-state index contributed by atoms with van der Waals surface area (Å²) in [6.45, 7) is 3.04. The van der Waals surface area contributed by atoms with E-state index in [9.17, 15) is 9.90 Å². The van der Waals surface area contributed by atoms with Gasteiger partial charge in [-0.1, -0.05) is 18.3 Å². The Labute approximate surface area is 118 Å². The van der Waals surface area contributed by atoms with Crippen LogP contribution in [0.15, 0.2) is 18.2 Å². The average Bonchev–Trinajstić information content (AvgIpc) is 2.41. The number of benzene rings is 1. The number of thiocarbonyl (C=S) groups is 1. The highest BCUT2D eigenvalue weighted by Gasteiger charge is 2.26. The molecule has 1 atom stereocenters. The maximum Gasteiger partial charge on any atom is 0.254 e. The van der Waals surface area contributed by atoms with Gasteiger partial charge >= 0.3 is 0 Å². The second-order valence-electron chi connectivity index (χ2n) is 4.94. The van der Waals surface area contributed by atoms with Crippen molar-refractivity contribution in [2.75, 3.05) is 13.1 Å². The Hall–Kier alpha value is -1.62. The lowest BCUT2D eigenvalue weighted by Gasteiger charge is -2.32. The first-order valence-corrected chi connectivity index (χ1v) is 6.78. The maximum absolute atomic E-state index is 12.5. The Morgan fingerprint density at radius 2 is 2.26 bits per heavy atom. The molecule has 1 heterocycles. The first-order valence-electron chi connectivity index (χ1n) is 6.38. The molecule has 19 heavy (non-hydrogen) atoms. The van der Waals surface area contributed by atoms with Crippen LogP contribution in [-0.2, 0) is 0 Å². The van der Waals surface area contributed by atoms with Gasteiger partial charge in [-0.25, -0.2) is 0 Å². The molecule has 3 N–H and O–H groups in total. The quantitative estimate of drug-likeness (QED) is 0.810. The summed E-state index contributed by atoms with van der Waals surface area (Å²) >= 11 is 5.02. The highest BCUT2D eigenvalue weighted by molar-refractivity contribution is 7.80. The van der Waals surface area contributed by atoms with Crippen LogP contribution in [0.25, 0.3) is 0 Å². The Morgan fingerprint density at radius 1 is 1.53 bits per heavy atom. The summed E-state index contributed by atoms with van der Waals surface area (Å²) in [5, 5.41) is 9.68. The standard InChI is InChI=1S/C14H18N2O2S/c1-9-11(5-2-6-12(9)17)14(18)16-7-3-4-10(8-16)13(15)19/h2,5-6,10,17H,3-4,7-8H2,1H3,(H2,15,19). The van der Waals surface area contributed by atoms with Gasteiger partial charge in [-0.3, -0.25) is 4.79 Å². The molecule has 1 aliphatic rings. The van der Waals surface area contributed by atoms with Gasteiger partial charge in [-0.2, -0.15) is 0 Å². The molecule has 1 aromatic rings. The van der Waals surface area contributed by atoms with E-state index >= 15 is 0 Å². The Morgan fingerprint density at radius 3 is 2.95 bits per heavy atom. The minimum absolute atomic E-state index is 0.0608. The van der Waals surface area contributed by atoms with Gasteiger partial charge in [0.05, 0.1) is 4.99 Å². The summed E-state index contributed by atoms with van der Waals surface area (Å²) in [6.07, 6.45) is 1.85. The third kappa shape index (κ3) is 2.87. The van der Waals surface area contributed by atoms with Crippen molar-refractivity contribution in [3.8, 4) is 5.75 Å². The van der Waals surface area contributed by atoms with Gasteiger partial charge < -0.3 is 15.7 Å². The Bertz CT molecular complexity index is 516. The number of hydrogen-bond acceptors (Lipinski definition) is 3. The smallest absolute Gasteiger partial charge is 0.254 e. The summed E-state index contributed by atoms with van der Waals surface area (Å²) in [7, 11) is 0. The van der Waals surface area contributed by atoms with Crippen molar-refractivity contribution in [1.82, 2.24) is 4.90 Å². The molecule has 0 saturated carbocycles. The predicted octanol–water partition coefficient (Wildman–Crippen LogP) is 1.84. The van der Waals surface area contributed by atoms with E-state index in [1.165, 1.54) is 0 Å². The van der Waals surface area contributed by atoms with Crippen LogP contribution in [0.1, 0.15) is 28.8 Å². The SMILES string of the molecule is Cc1c(O)cccc1C(=O)N1CCCC(C(N)=S)C1. The monoisotopic (exact) mass is 278 g/mol. The molecular weight excluding hydrogens is 260 g/mol. The molecule has 1 unspecified atom stereocenters. The zero-order valence-corrected chi connectivity index (χ0v) is 11.7. The Balaban J connectivity index is 2.19.